The van der Waals surface area contributed by atoms with Crippen molar-refractivity contribution < 1.29 is 4.79 Å². The maximum absolute atomic E-state index is 12.1. The highest BCUT2D eigenvalue weighted by atomic mass is 35.5. The summed E-state index contributed by atoms with van der Waals surface area (Å²) >= 11 is 6.19. The first-order chi connectivity index (χ1) is 11.2. The van der Waals surface area contributed by atoms with Crippen LogP contribution in [0.25, 0.3) is 10.9 Å². The Kier molecular flexibility index (Phi) is 3.90. The number of aryl methyl sites for hydroxylation is 1. The van der Waals surface area contributed by atoms with Crippen molar-refractivity contribution in [2.45, 2.75) is 25.8 Å². The fourth-order valence-electron chi connectivity index (χ4n) is 4.07. The van der Waals surface area contributed by atoms with E-state index >= 15 is 0 Å². The van der Waals surface area contributed by atoms with Crippen LogP contribution in [0, 0.1) is 17.8 Å². The monoisotopic (exact) mass is 328 g/mol. The average Bonchev–Trinajstić information content (AvgIpc) is 3.26. The lowest BCUT2D eigenvalue weighted by molar-refractivity contribution is -0.121. The third kappa shape index (κ3) is 2.90. The zero-order valence-corrected chi connectivity index (χ0v) is 13.8. The SMILES string of the molecule is O=C(CCn1ccc2c(Cl)cccc21)NC[C@@H]1C[C@H]2C=C[C@H]1C2. The number of fused-ring (bicyclic) bond motifs is 3. The van der Waals surface area contributed by atoms with E-state index in [-0.39, 0.29) is 5.91 Å². The van der Waals surface area contributed by atoms with Crippen molar-refractivity contribution in [3.05, 3.63) is 47.6 Å². The number of carbonyl (C=O) groups excluding carboxylic acids is 1. The number of nitrogens with one attached hydrogen (secondary N) is 1. The highest BCUT2D eigenvalue weighted by molar-refractivity contribution is 6.35. The molecule has 0 spiro atoms. The number of rotatable bonds is 5. The number of carbonyl (C=O) groups is 1. The molecule has 4 heteroatoms. The summed E-state index contributed by atoms with van der Waals surface area (Å²) < 4.78 is 2.10. The molecule has 120 valence electrons. The highest BCUT2D eigenvalue weighted by Gasteiger charge is 2.35. The lowest BCUT2D eigenvalue weighted by atomic mass is 9.93. The number of aromatic nitrogens is 1. The molecule has 0 radical (unpaired) electrons. The van der Waals surface area contributed by atoms with E-state index in [1.807, 2.05) is 30.5 Å². The second-order valence-electron chi connectivity index (χ2n) is 6.78. The Balaban J connectivity index is 1.31. The van der Waals surface area contributed by atoms with Gasteiger partial charge in [-0.25, -0.2) is 0 Å². The normalized spacial score (nSPS) is 25.3. The minimum absolute atomic E-state index is 0.139. The molecule has 23 heavy (non-hydrogen) atoms. The van der Waals surface area contributed by atoms with E-state index in [2.05, 4.69) is 22.0 Å². The molecule has 1 aromatic carbocycles. The zero-order valence-electron chi connectivity index (χ0n) is 13.0. The zero-order chi connectivity index (χ0) is 15.8. The summed E-state index contributed by atoms with van der Waals surface area (Å²) in [6.07, 6.45) is 9.71. The van der Waals surface area contributed by atoms with Gasteiger partial charge in [-0.3, -0.25) is 4.79 Å². The fourth-order valence-corrected chi connectivity index (χ4v) is 4.30. The predicted molar refractivity (Wildman–Crippen MR) is 93.4 cm³/mol. The Morgan fingerprint density at radius 1 is 1.26 bits per heavy atom. The van der Waals surface area contributed by atoms with Crippen molar-refractivity contribution in [1.82, 2.24) is 9.88 Å². The molecule has 2 aliphatic carbocycles. The van der Waals surface area contributed by atoms with Crippen molar-refractivity contribution in [2.24, 2.45) is 17.8 Å². The number of hydrogen-bond donors (Lipinski definition) is 1. The number of hydrogen-bond acceptors (Lipinski definition) is 1. The molecule has 1 heterocycles. The number of benzene rings is 1. The number of allylic oxidation sites excluding steroid dienone is 2. The Morgan fingerprint density at radius 3 is 2.96 bits per heavy atom. The molecule has 2 bridgehead atoms. The molecule has 0 aliphatic heterocycles. The van der Waals surface area contributed by atoms with Crippen molar-refractivity contribution in [1.29, 1.82) is 0 Å². The van der Waals surface area contributed by atoms with Gasteiger partial charge in [0.2, 0.25) is 5.91 Å². The summed E-state index contributed by atoms with van der Waals surface area (Å²) in [6.45, 7) is 1.51. The molecule has 1 saturated carbocycles. The van der Waals surface area contributed by atoms with Crippen LogP contribution in [0.15, 0.2) is 42.6 Å². The maximum Gasteiger partial charge on any atom is 0.221 e. The number of amides is 1. The van der Waals surface area contributed by atoms with Crippen LogP contribution in [0.2, 0.25) is 5.02 Å². The Bertz CT molecular complexity index is 764. The second-order valence-corrected chi connectivity index (χ2v) is 7.18. The van der Waals surface area contributed by atoms with Crippen LogP contribution in [0.5, 0.6) is 0 Å². The molecule has 2 aliphatic rings. The van der Waals surface area contributed by atoms with Gasteiger partial charge in [-0.1, -0.05) is 29.8 Å². The van der Waals surface area contributed by atoms with Crippen LogP contribution in [-0.2, 0) is 11.3 Å². The van der Waals surface area contributed by atoms with Crippen LogP contribution < -0.4 is 5.32 Å². The molecule has 3 atom stereocenters. The minimum atomic E-state index is 0.139. The van der Waals surface area contributed by atoms with E-state index in [1.165, 1.54) is 12.8 Å². The van der Waals surface area contributed by atoms with Gasteiger partial charge in [-0.05, 0) is 48.8 Å². The standard InChI is InChI=1S/C19H21ClN2O/c20-17-2-1-3-18-16(17)6-8-22(18)9-7-19(23)21-12-15-11-13-4-5-14(15)10-13/h1-6,8,13-15H,7,9-12H2,(H,21,23)/t13-,14-,15-/m0/s1. The predicted octanol–water partition coefficient (Wildman–Crippen LogP) is 4.01. The Hall–Kier alpha value is -1.74. The summed E-state index contributed by atoms with van der Waals surface area (Å²) in [5.74, 6) is 2.23. The van der Waals surface area contributed by atoms with Crippen LogP contribution in [0.3, 0.4) is 0 Å². The summed E-state index contributed by atoms with van der Waals surface area (Å²) in [5, 5.41) is 4.92. The molecule has 2 aromatic rings. The van der Waals surface area contributed by atoms with E-state index in [0.29, 0.717) is 24.8 Å². The third-order valence-electron chi connectivity index (χ3n) is 5.32. The lowest BCUT2D eigenvalue weighted by Gasteiger charge is -2.18. The minimum Gasteiger partial charge on any atom is -0.356 e. The van der Waals surface area contributed by atoms with Gasteiger partial charge in [0, 0.05) is 41.6 Å². The molecule has 3 nitrogen and oxygen atoms in total. The molecule has 1 N–H and O–H groups in total. The number of nitrogens with zero attached hydrogens (tertiary/aromatic N) is 1. The van der Waals surface area contributed by atoms with Crippen LogP contribution in [0.4, 0.5) is 0 Å². The Morgan fingerprint density at radius 2 is 2.17 bits per heavy atom. The molecule has 1 aromatic heterocycles. The smallest absolute Gasteiger partial charge is 0.221 e. The van der Waals surface area contributed by atoms with Crippen molar-refractivity contribution in [3.63, 3.8) is 0 Å². The fraction of sp³-hybridized carbons (Fsp3) is 0.421. The van der Waals surface area contributed by atoms with Gasteiger partial charge in [0.25, 0.3) is 0 Å². The van der Waals surface area contributed by atoms with Crippen LogP contribution in [-0.4, -0.2) is 17.0 Å². The van der Waals surface area contributed by atoms with Crippen molar-refractivity contribution >= 4 is 28.4 Å². The van der Waals surface area contributed by atoms with Gasteiger partial charge >= 0.3 is 0 Å². The topological polar surface area (TPSA) is 34.0 Å². The molecule has 0 unspecified atom stereocenters. The third-order valence-corrected chi connectivity index (χ3v) is 5.65. The van der Waals surface area contributed by atoms with E-state index < -0.39 is 0 Å². The van der Waals surface area contributed by atoms with E-state index in [0.717, 1.165) is 28.4 Å². The largest absolute Gasteiger partial charge is 0.356 e. The summed E-state index contributed by atoms with van der Waals surface area (Å²) in [4.78, 5) is 12.1. The van der Waals surface area contributed by atoms with Gasteiger partial charge in [-0.2, -0.15) is 0 Å². The molecule has 4 rings (SSSR count). The summed E-state index contributed by atoms with van der Waals surface area (Å²) in [6, 6.07) is 7.90. The van der Waals surface area contributed by atoms with E-state index in [9.17, 15) is 4.79 Å². The highest BCUT2D eigenvalue weighted by Crippen LogP contribution is 2.42. The molecular weight excluding hydrogens is 308 g/mol. The lowest BCUT2D eigenvalue weighted by Crippen LogP contribution is -2.31. The molecular formula is C19H21ClN2O. The van der Waals surface area contributed by atoms with Crippen molar-refractivity contribution in [2.75, 3.05) is 6.54 Å². The van der Waals surface area contributed by atoms with Gasteiger partial charge in [0.1, 0.15) is 0 Å². The van der Waals surface area contributed by atoms with Gasteiger partial charge < -0.3 is 9.88 Å². The summed E-state index contributed by atoms with van der Waals surface area (Å²) in [7, 11) is 0. The quantitative estimate of drug-likeness (QED) is 0.827. The molecule has 1 fully saturated rings. The second kappa shape index (κ2) is 6.04. The first-order valence-corrected chi connectivity index (χ1v) is 8.77. The Labute approximate surface area is 141 Å². The van der Waals surface area contributed by atoms with Gasteiger partial charge in [0.05, 0.1) is 0 Å². The van der Waals surface area contributed by atoms with E-state index in [4.69, 9.17) is 11.6 Å². The van der Waals surface area contributed by atoms with Crippen LogP contribution in [0.1, 0.15) is 19.3 Å². The average molecular weight is 329 g/mol. The number of halogens is 1. The maximum atomic E-state index is 12.1. The van der Waals surface area contributed by atoms with E-state index in [1.54, 1.807) is 0 Å². The summed E-state index contributed by atoms with van der Waals surface area (Å²) in [5.41, 5.74) is 1.09. The van der Waals surface area contributed by atoms with Crippen molar-refractivity contribution in [3.8, 4) is 0 Å². The van der Waals surface area contributed by atoms with Gasteiger partial charge in [-0.15, -0.1) is 0 Å². The van der Waals surface area contributed by atoms with Gasteiger partial charge in [0.15, 0.2) is 0 Å². The molecule has 1 amide bonds. The first-order valence-electron chi connectivity index (χ1n) is 8.39. The van der Waals surface area contributed by atoms with Crippen LogP contribution >= 0.6 is 11.6 Å². The molecule has 0 saturated heterocycles. The first kappa shape index (κ1) is 14.8.